The van der Waals surface area contributed by atoms with Crippen LogP contribution < -0.4 is 10.7 Å². The zero-order valence-corrected chi connectivity index (χ0v) is 14.8. The highest BCUT2D eigenvalue weighted by Crippen LogP contribution is 2.13. The molecular formula is C15H20BrN3O2S. The van der Waals surface area contributed by atoms with E-state index in [-0.39, 0.29) is 6.42 Å². The largest absolute Gasteiger partial charge is 0.481 e. The summed E-state index contributed by atoms with van der Waals surface area (Å²) in [7, 11) is 0. The lowest BCUT2D eigenvalue weighted by molar-refractivity contribution is -0.136. The van der Waals surface area contributed by atoms with Crippen molar-refractivity contribution in [1.82, 2.24) is 10.7 Å². The fourth-order valence-electron chi connectivity index (χ4n) is 1.67. The van der Waals surface area contributed by atoms with Gasteiger partial charge in [0, 0.05) is 17.4 Å². The van der Waals surface area contributed by atoms with Gasteiger partial charge in [0.2, 0.25) is 0 Å². The van der Waals surface area contributed by atoms with E-state index in [1.807, 2.05) is 24.3 Å². The number of hydrogen-bond donors (Lipinski definition) is 3. The summed E-state index contributed by atoms with van der Waals surface area (Å²) >= 11 is 8.51. The molecule has 1 aromatic carbocycles. The lowest BCUT2D eigenvalue weighted by Gasteiger charge is -2.09. The number of unbranched alkanes of at least 4 members (excludes halogenated alkanes) is 1. The van der Waals surface area contributed by atoms with Crippen molar-refractivity contribution in [1.29, 1.82) is 0 Å². The Bertz CT molecular complexity index is 532. The van der Waals surface area contributed by atoms with Gasteiger partial charge >= 0.3 is 5.97 Å². The molecule has 0 saturated heterocycles. The first kappa shape index (κ1) is 18.6. The molecule has 0 aliphatic rings. The van der Waals surface area contributed by atoms with Crippen molar-refractivity contribution < 1.29 is 9.90 Å². The summed E-state index contributed by atoms with van der Waals surface area (Å²) in [5.74, 6) is -0.853. The Morgan fingerprint density at radius 1 is 1.32 bits per heavy atom. The number of nitrogens with zero attached hydrogens (tertiary/aromatic N) is 1. The molecule has 0 bridgehead atoms. The van der Waals surface area contributed by atoms with Gasteiger partial charge in [0.15, 0.2) is 5.11 Å². The van der Waals surface area contributed by atoms with Crippen LogP contribution in [0, 0.1) is 0 Å². The maximum Gasteiger partial charge on any atom is 0.303 e. The number of halogens is 1. The minimum atomic E-state index is -0.853. The van der Waals surface area contributed by atoms with Crippen molar-refractivity contribution in [3.63, 3.8) is 0 Å². The first-order valence-corrected chi connectivity index (χ1v) is 8.31. The van der Waals surface area contributed by atoms with E-state index in [2.05, 4.69) is 38.7 Å². The van der Waals surface area contributed by atoms with Crippen LogP contribution in [0.25, 0.3) is 0 Å². The SMILES string of the molecule is CCCCNC(=S)N/N=C(/CCC(=O)O)c1ccc(Br)cc1. The van der Waals surface area contributed by atoms with Crippen molar-refractivity contribution in [3.8, 4) is 0 Å². The third-order valence-electron chi connectivity index (χ3n) is 2.86. The molecule has 0 aliphatic carbocycles. The van der Waals surface area contributed by atoms with E-state index in [4.69, 9.17) is 17.3 Å². The Hall–Kier alpha value is -1.47. The zero-order chi connectivity index (χ0) is 16.4. The molecule has 0 spiro atoms. The summed E-state index contributed by atoms with van der Waals surface area (Å²) in [4.78, 5) is 10.8. The summed E-state index contributed by atoms with van der Waals surface area (Å²) in [6.07, 6.45) is 2.47. The number of carboxylic acids is 1. The van der Waals surface area contributed by atoms with Gasteiger partial charge in [-0.2, -0.15) is 5.10 Å². The molecule has 1 rings (SSSR count). The van der Waals surface area contributed by atoms with Crippen molar-refractivity contribution >= 4 is 44.9 Å². The second kappa shape index (κ2) is 10.3. The van der Waals surface area contributed by atoms with Crippen LogP contribution >= 0.6 is 28.1 Å². The summed E-state index contributed by atoms with van der Waals surface area (Å²) in [6, 6.07) is 7.56. The number of carboxylic acid groups (broad SMARTS) is 1. The predicted octanol–water partition coefficient (Wildman–Crippen LogP) is 3.28. The number of benzene rings is 1. The third kappa shape index (κ3) is 7.51. The van der Waals surface area contributed by atoms with Gasteiger partial charge in [0.25, 0.3) is 0 Å². The van der Waals surface area contributed by atoms with Crippen LogP contribution in [0.3, 0.4) is 0 Å². The van der Waals surface area contributed by atoms with Crippen molar-refractivity contribution in [2.75, 3.05) is 6.54 Å². The molecule has 22 heavy (non-hydrogen) atoms. The van der Waals surface area contributed by atoms with Gasteiger partial charge in [-0.15, -0.1) is 0 Å². The number of nitrogens with one attached hydrogen (secondary N) is 2. The van der Waals surface area contributed by atoms with Crippen molar-refractivity contribution in [2.45, 2.75) is 32.6 Å². The lowest BCUT2D eigenvalue weighted by Crippen LogP contribution is -2.33. The molecule has 0 saturated carbocycles. The smallest absolute Gasteiger partial charge is 0.303 e. The van der Waals surface area contributed by atoms with E-state index in [1.54, 1.807) is 0 Å². The van der Waals surface area contributed by atoms with Crippen LogP contribution in [-0.2, 0) is 4.79 Å². The van der Waals surface area contributed by atoms with E-state index in [9.17, 15) is 4.79 Å². The molecule has 0 atom stereocenters. The van der Waals surface area contributed by atoms with E-state index in [1.165, 1.54) is 0 Å². The highest BCUT2D eigenvalue weighted by molar-refractivity contribution is 9.10. The Morgan fingerprint density at radius 3 is 2.59 bits per heavy atom. The molecule has 0 fully saturated rings. The number of carbonyl (C=O) groups is 1. The quantitative estimate of drug-likeness (QED) is 0.277. The molecular weight excluding hydrogens is 366 g/mol. The maximum absolute atomic E-state index is 10.8. The first-order valence-electron chi connectivity index (χ1n) is 7.11. The van der Waals surface area contributed by atoms with Gasteiger partial charge in [-0.25, -0.2) is 0 Å². The topological polar surface area (TPSA) is 73.7 Å². The van der Waals surface area contributed by atoms with Crippen LogP contribution in [0.1, 0.15) is 38.2 Å². The fraction of sp³-hybridized carbons (Fsp3) is 0.400. The van der Waals surface area contributed by atoms with E-state index in [0.29, 0.717) is 17.2 Å². The van der Waals surface area contributed by atoms with Crippen molar-refractivity contribution in [3.05, 3.63) is 34.3 Å². The van der Waals surface area contributed by atoms with Crippen LogP contribution in [0.4, 0.5) is 0 Å². The van der Waals surface area contributed by atoms with Crippen LogP contribution in [0.15, 0.2) is 33.8 Å². The summed E-state index contributed by atoms with van der Waals surface area (Å²) in [5, 5.41) is 16.6. The monoisotopic (exact) mass is 385 g/mol. The average Bonchev–Trinajstić information content (AvgIpc) is 2.48. The number of aliphatic carboxylic acids is 1. The number of hydrazone groups is 1. The Morgan fingerprint density at radius 2 is 2.00 bits per heavy atom. The molecule has 1 aromatic rings. The summed E-state index contributed by atoms with van der Waals surface area (Å²) < 4.78 is 0.957. The highest BCUT2D eigenvalue weighted by atomic mass is 79.9. The molecule has 5 nitrogen and oxygen atoms in total. The molecule has 0 heterocycles. The van der Waals surface area contributed by atoms with Crippen molar-refractivity contribution in [2.24, 2.45) is 5.10 Å². The highest BCUT2D eigenvalue weighted by Gasteiger charge is 2.07. The van der Waals surface area contributed by atoms with E-state index >= 15 is 0 Å². The summed E-state index contributed by atoms with van der Waals surface area (Å²) in [5.41, 5.74) is 4.31. The number of thiocarbonyl (C=S) groups is 1. The molecule has 0 unspecified atom stereocenters. The average molecular weight is 386 g/mol. The lowest BCUT2D eigenvalue weighted by atomic mass is 10.1. The maximum atomic E-state index is 10.8. The molecule has 0 aliphatic heterocycles. The third-order valence-corrected chi connectivity index (χ3v) is 3.63. The normalized spacial score (nSPS) is 11.1. The molecule has 3 N–H and O–H groups in total. The molecule has 7 heteroatoms. The van der Waals surface area contributed by atoms with Crippen LogP contribution in [0.5, 0.6) is 0 Å². The van der Waals surface area contributed by atoms with Crippen LogP contribution in [-0.4, -0.2) is 28.4 Å². The van der Waals surface area contributed by atoms with E-state index in [0.717, 1.165) is 29.4 Å². The minimum absolute atomic E-state index is 0.0204. The van der Waals surface area contributed by atoms with Gasteiger partial charge in [-0.3, -0.25) is 10.2 Å². The fourth-order valence-corrected chi connectivity index (χ4v) is 2.08. The number of hydrogen-bond acceptors (Lipinski definition) is 3. The predicted molar refractivity (Wildman–Crippen MR) is 96.2 cm³/mol. The second-order valence-electron chi connectivity index (χ2n) is 4.68. The summed E-state index contributed by atoms with van der Waals surface area (Å²) in [6.45, 7) is 2.90. The Labute approximate surface area is 144 Å². The second-order valence-corrected chi connectivity index (χ2v) is 6.00. The Kier molecular flexibility index (Phi) is 8.69. The van der Waals surface area contributed by atoms with Crippen LogP contribution in [0.2, 0.25) is 0 Å². The molecule has 0 amide bonds. The molecule has 0 radical (unpaired) electrons. The van der Waals surface area contributed by atoms with Gasteiger partial charge in [-0.05, 0) is 36.3 Å². The van der Waals surface area contributed by atoms with Gasteiger partial charge in [0.05, 0.1) is 12.1 Å². The molecule has 0 aromatic heterocycles. The first-order chi connectivity index (χ1) is 10.5. The van der Waals surface area contributed by atoms with Gasteiger partial charge < -0.3 is 10.4 Å². The zero-order valence-electron chi connectivity index (χ0n) is 12.4. The molecule has 120 valence electrons. The van der Waals surface area contributed by atoms with Gasteiger partial charge in [0.1, 0.15) is 0 Å². The minimum Gasteiger partial charge on any atom is -0.481 e. The van der Waals surface area contributed by atoms with Gasteiger partial charge in [-0.1, -0.05) is 41.4 Å². The number of rotatable bonds is 8. The van der Waals surface area contributed by atoms with E-state index < -0.39 is 5.97 Å². The standard InChI is InChI=1S/C15H20BrN3O2S/c1-2-3-10-17-15(22)19-18-13(8-9-14(20)21)11-4-6-12(16)7-5-11/h4-7H,2-3,8-10H2,1H3,(H,20,21)(H2,17,19,22)/b18-13-. The Balaban J connectivity index is 2.72.